The third kappa shape index (κ3) is 4.23. The van der Waals surface area contributed by atoms with Crippen LogP contribution in [0.25, 0.3) is 0 Å². The first-order valence-corrected chi connectivity index (χ1v) is 8.77. The number of hydrogen-bond donors (Lipinski definition) is 1. The number of aryl methyl sites for hydroxylation is 1. The Morgan fingerprint density at radius 1 is 1.19 bits per heavy atom. The van der Waals surface area contributed by atoms with E-state index in [0.29, 0.717) is 0 Å². The first-order chi connectivity index (χ1) is 10.2. The Hall–Kier alpha value is -1.02. The SMILES string of the molecule is CCC(N)Cc1ccc(N(CC)C2CCCCC2)cc1C. The van der Waals surface area contributed by atoms with Gasteiger partial charge in [-0.3, -0.25) is 0 Å². The van der Waals surface area contributed by atoms with Gasteiger partial charge < -0.3 is 10.6 Å². The van der Waals surface area contributed by atoms with E-state index in [2.05, 4.69) is 43.9 Å². The highest BCUT2D eigenvalue weighted by Crippen LogP contribution is 2.28. The van der Waals surface area contributed by atoms with E-state index in [1.165, 1.54) is 48.9 Å². The van der Waals surface area contributed by atoms with Gasteiger partial charge in [0.15, 0.2) is 0 Å². The zero-order valence-corrected chi connectivity index (χ0v) is 14.1. The number of nitrogens with zero attached hydrogens (tertiary/aromatic N) is 1. The molecular weight excluding hydrogens is 256 g/mol. The van der Waals surface area contributed by atoms with Crippen molar-refractivity contribution < 1.29 is 0 Å². The molecule has 0 amide bonds. The lowest BCUT2D eigenvalue weighted by Crippen LogP contribution is -2.36. The third-order valence-electron chi connectivity index (χ3n) is 5.02. The number of hydrogen-bond acceptors (Lipinski definition) is 2. The van der Waals surface area contributed by atoms with E-state index in [-0.39, 0.29) is 6.04 Å². The van der Waals surface area contributed by atoms with Gasteiger partial charge in [-0.1, -0.05) is 32.3 Å². The van der Waals surface area contributed by atoms with Gasteiger partial charge in [0.25, 0.3) is 0 Å². The van der Waals surface area contributed by atoms with Crippen LogP contribution in [0.5, 0.6) is 0 Å². The van der Waals surface area contributed by atoms with Crippen LogP contribution in [-0.2, 0) is 6.42 Å². The summed E-state index contributed by atoms with van der Waals surface area (Å²) in [5, 5.41) is 0. The monoisotopic (exact) mass is 288 g/mol. The van der Waals surface area contributed by atoms with E-state index >= 15 is 0 Å². The topological polar surface area (TPSA) is 29.3 Å². The highest BCUT2D eigenvalue weighted by atomic mass is 15.2. The third-order valence-corrected chi connectivity index (χ3v) is 5.02. The summed E-state index contributed by atoms with van der Waals surface area (Å²) in [7, 11) is 0. The van der Waals surface area contributed by atoms with Gasteiger partial charge in [0.2, 0.25) is 0 Å². The lowest BCUT2D eigenvalue weighted by Gasteiger charge is -2.35. The minimum absolute atomic E-state index is 0.287. The molecule has 0 spiro atoms. The Bertz CT molecular complexity index is 435. The van der Waals surface area contributed by atoms with Gasteiger partial charge in [-0.25, -0.2) is 0 Å². The summed E-state index contributed by atoms with van der Waals surface area (Å²) in [4.78, 5) is 2.61. The summed E-state index contributed by atoms with van der Waals surface area (Å²) in [6.07, 6.45) is 8.96. The molecule has 1 aromatic carbocycles. The van der Waals surface area contributed by atoms with Crippen molar-refractivity contribution in [3.8, 4) is 0 Å². The van der Waals surface area contributed by atoms with E-state index in [4.69, 9.17) is 5.73 Å². The van der Waals surface area contributed by atoms with Crippen LogP contribution in [0.4, 0.5) is 5.69 Å². The molecule has 2 heteroatoms. The predicted octanol–water partition coefficient (Wildman–Crippen LogP) is 4.43. The molecule has 2 nitrogen and oxygen atoms in total. The molecule has 2 N–H and O–H groups in total. The fourth-order valence-corrected chi connectivity index (χ4v) is 3.56. The van der Waals surface area contributed by atoms with Gasteiger partial charge in [0.05, 0.1) is 0 Å². The zero-order chi connectivity index (χ0) is 15.2. The molecule has 0 aliphatic heterocycles. The van der Waals surface area contributed by atoms with Gasteiger partial charge in [-0.05, 0) is 62.8 Å². The Kier molecular flexibility index (Phi) is 6.10. The van der Waals surface area contributed by atoms with Crippen molar-refractivity contribution >= 4 is 5.69 Å². The van der Waals surface area contributed by atoms with Gasteiger partial charge in [-0.15, -0.1) is 0 Å². The van der Waals surface area contributed by atoms with Crippen LogP contribution < -0.4 is 10.6 Å². The smallest absolute Gasteiger partial charge is 0.0371 e. The quantitative estimate of drug-likeness (QED) is 0.839. The second kappa shape index (κ2) is 7.84. The first kappa shape index (κ1) is 16.4. The summed E-state index contributed by atoms with van der Waals surface area (Å²) >= 11 is 0. The highest BCUT2D eigenvalue weighted by Gasteiger charge is 2.20. The molecule has 1 atom stereocenters. The predicted molar refractivity (Wildman–Crippen MR) is 93.0 cm³/mol. The molecule has 1 aliphatic carbocycles. The fourth-order valence-electron chi connectivity index (χ4n) is 3.56. The van der Waals surface area contributed by atoms with E-state index in [1.54, 1.807) is 0 Å². The van der Waals surface area contributed by atoms with Crippen LogP contribution >= 0.6 is 0 Å². The summed E-state index contributed by atoms with van der Waals surface area (Å²) < 4.78 is 0. The normalized spacial score (nSPS) is 17.7. The summed E-state index contributed by atoms with van der Waals surface area (Å²) in [6.45, 7) is 7.79. The molecule has 0 heterocycles. The molecule has 1 unspecified atom stereocenters. The maximum absolute atomic E-state index is 6.10. The molecule has 1 fully saturated rings. The van der Waals surface area contributed by atoms with Crippen molar-refractivity contribution in [2.75, 3.05) is 11.4 Å². The second-order valence-corrected chi connectivity index (χ2v) is 6.56. The minimum Gasteiger partial charge on any atom is -0.369 e. The highest BCUT2D eigenvalue weighted by molar-refractivity contribution is 5.51. The van der Waals surface area contributed by atoms with Gasteiger partial charge in [0.1, 0.15) is 0 Å². The van der Waals surface area contributed by atoms with Crippen LogP contribution in [0.1, 0.15) is 63.5 Å². The maximum Gasteiger partial charge on any atom is 0.0371 e. The van der Waals surface area contributed by atoms with Crippen LogP contribution in [0.2, 0.25) is 0 Å². The maximum atomic E-state index is 6.10. The van der Waals surface area contributed by atoms with E-state index in [1.807, 2.05) is 0 Å². The van der Waals surface area contributed by atoms with Crippen molar-refractivity contribution in [1.82, 2.24) is 0 Å². The summed E-state index contributed by atoms with van der Waals surface area (Å²) in [6, 6.07) is 8.01. The van der Waals surface area contributed by atoms with E-state index in [9.17, 15) is 0 Å². The Morgan fingerprint density at radius 3 is 2.48 bits per heavy atom. The molecule has 1 aliphatic rings. The number of nitrogens with two attached hydrogens (primary N) is 1. The molecule has 118 valence electrons. The van der Waals surface area contributed by atoms with Crippen molar-refractivity contribution in [3.05, 3.63) is 29.3 Å². The average molecular weight is 288 g/mol. The second-order valence-electron chi connectivity index (χ2n) is 6.56. The Balaban J connectivity index is 2.13. The van der Waals surface area contributed by atoms with Crippen molar-refractivity contribution in [2.45, 2.75) is 77.8 Å². The molecule has 0 aromatic heterocycles. The molecule has 0 saturated heterocycles. The van der Waals surface area contributed by atoms with Crippen molar-refractivity contribution in [3.63, 3.8) is 0 Å². The summed E-state index contributed by atoms with van der Waals surface area (Å²) in [5.74, 6) is 0. The van der Waals surface area contributed by atoms with Crippen molar-refractivity contribution in [1.29, 1.82) is 0 Å². The van der Waals surface area contributed by atoms with Gasteiger partial charge in [-0.2, -0.15) is 0 Å². The van der Waals surface area contributed by atoms with E-state index in [0.717, 1.165) is 25.4 Å². The van der Waals surface area contributed by atoms with Crippen LogP contribution in [0, 0.1) is 6.92 Å². The van der Waals surface area contributed by atoms with E-state index < -0.39 is 0 Å². The van der Waals surface area contributed by atoms with Crippen LogP contribution in [0.3, 0.4) is 0 Å². The summed E-state index contributed by atoms with van der Waals surface area (Å²) in [5.41, 5.74) is 10.3. The van der Waals surface area contributed by atoms with Crippen LogP contribution in [0.15, 0.2) is 18.2 Å². The molecule has 0 radical (unpaired) electrons. The Labute approximate surface area is 130 Å². The van der Waals surface area contributed by atoms with Gasteiger partial charge in [0, 0.05) is 24.3 Å². The standard InChI is InChI=1S/C19H32N2/c1-4-17(20)14-16-11-12-19(13-15(16)3)21(5-2)18-9-7-6-8-10-18/h11-13,17-18H,4-10,14,20H2,1-3H3. The number of rotatable bonds is 6. The Morgan fingerprint density at radius 2 is 1.90 bits per heavy atom. The fraction of sp³-hybridized carbons (Fsp3) is 0.684. The average Bonchev–Trinajstić information content (AvgIpc) is 2.51. The zero-order valence-electron chi connectivity index (χ0n) is 14.1. The molecule has 2 rings (SSSR count). The lowest BCUT2D eigenvalue weighted by molar-refractivity contribution is 0.418. The minimum atomic E-state index is 0.287. The van der Waals surface area contributed by atoms with Crippen LogP contribution in [-0.4, -0.2) is 18.6 Å². The molecule has 1 aromatic rings. The molecular formula is C19H32N2. The van der Waals surface area contributed by atoms with Gasteiger partial charge >= 0.3 is 0 Å². The lowest BCUT2D eigenvalue weighted by atomic mass is 9.93. The molecule has 1 saturated carbocycles. The first-order valence-electron chi connectivity index (χ1n) is 8.77. The number of anilines is 1. The molecule has 0 bridgehead atoms. The largest absolute Gasteiger partial charge is 0.369 e. The van der Waals surface area contributed by atoms with Crippen molar-refractivity contribution in [2.24, 2.45) is 5.73 Å². The molecule has 21 heavy (non-hydrogen) atoms. The number of benzene rings is 1.